The van der Waals surface area contributed by atoms with Gasteiger partial charge in [-0.2, -0.15) is 0 Å². The Labute approximate surface area is 139 Å². The molecule has 0 atom stereocenters. The number of carbonyl (C=O) groups excluding carboxylic acids is 2. The summed E-state index contributed by atoms with van der Waals surface area (Å²) in [6.07, 6.45) is 1.45. The van der Waals surface area contributed by atoms with Gasteiger partial charge in [0.1, 0.15) is 5.75 Å². The number of halogens is 1. The molecule has 23 heavy (non-hydrogen) atoms. The number of ether oxygens (including phenoxy) is 1. The number of carbonyl (C=O) groups is 2. The normalized spacial score (nSPS) is 13.3. The Balaban J connectivity index is 1.47. The zero-order valence-corrected chi connectivity index (χ0v) is 13.3. The van der Waals surface area contributed by atoms with Crippen LogP contribution in [0.4, 0.5) is 0 Å². The predicted molar refractivity (Wildman–Crippen MR) is 88.0 cm³/mol. The molecule has 0 aromatic heterocycles. The number of benzene rings is 2. The lowest BCUT2D eigenvalue weighted by molar-refractivity contribution is 0.0649. The fourth-order valence-corrected chi connectivity index (χ4v) is 2.74. The number of hydrogen-bond acceptors (Lipinski definition) is 3. The number of imide groups is 1. The molecule has 5 heteroatoms. The van der Waals surface area contributed by atoms with E-state index < -0.39 is 0 Å². The average Bonchev–Trinajstić information content (AvgIpc) is 2.80. The highest BCUT2D eigenvalue weighted by Crippen LogP contribution is 2.22. The highest BCUT2D eigenvalue weighted by Gasteiger charge is 2.34. The van der Waals surface area contributed by atoms with Crippen molar-refractivity contribution in [2.75, 3.05) is 13.2 Å². The van der Waals surface area contributed by atoms with Gasteiger partial charge in [-0.05, 0) is 43.2 Å². The van der Waals surface area contributed by atoms with Crippen molar-refractivity contribution >= 4 is 23.4 Å². The first-order chi connectivity index (χ1) is 11.2. The van der Waals surface area contributed by atoms with Gasteiger partial charge in [0.05, 0.1) is 17.7 Å². The zero-order chi connectivity index (χ0) is 16.2. The monoisotopic (exact) mass is 329 g/mol. The minimum Gasteiger partial charge on any atom is -0.494 e. The number of unbranched alkanes of at least 4 members (excludes halogenated alkanes) is 1. The first-order valence-corrected chi connectivity index (χ1v) is 7.88. The lowest BCUT2D eigenvalue weighted by Gasteiger charge is -2.13. The second-order valence-corrected chi connectivity index (χ2v) is 5.76. The quantitative estimate of drug-likeness (QED) is 0.598. The smallest absolute Gasteiger partial charge is 0.261 e. The summed E-state index contributed by atoms with van der Waals surface area (Å²) in [5.74, 6) is 0.306. The summed E-state index contributed by atoms with van der Waals surface area (Å²) in [4.78, 5) is 25.7. The molecule has 0 bridgehead atoms. The van der Waals surface area contributed by atoms with E-state index in [2.05, 4.69) is 0 Å². The Morgan fingerprint density at radius 2 is 1.61 bits per heavy atom. The SMILES string of the molecule is O=C1c2ccccc2C(=O)N1CCCCOc1cccc(Cl)c1. The van der Waals surface area contributed by atoms with Gasteiger partial charge in [0, 0.05) is 11.6 Å². The number of hydrogen-bond donors (Lipinski definition) is 0. The number of amides is 2. The van der Waals surface area contributed by atoms with Gasteiger partial charge < -0.3 is 4.74 Å². The highest BCUT2D eigenvalue weighted by molar-refractivity contribution is 6.30. The van der Waals surface area contributed by atoms with Crippen LogP contribution in [-0.2, 0) is 0 Å². The molecule has 0 N–H and O–H groups in total. The first-order valence-electron chi connectivity index (χ1n) is 7.50. The van der Waals surface area contributed by atoms with Crippen molar-refractivity contribution in [1.82, 2.24) is 4.90 Å². The maximum Gasteiger partial charge on any atom is 0.261 e. The van der Waals surface area contributed by atoms with Gasteiger partial charge in [-0.15, -0.1) is 0 Å². The highest BCUT2D eigenvalue weighted by atomic mass is 35.5. The molecule has 2 aromatic rings. The van der Waals surface area contributed by atoms with Gasteiger partial charge in [0.25, 0.3) is 11.8 Å². The van der Waals surface area contributed by atoms with Crippen LogP contribution in [0.3, 0.4) is 0 Å². The number of rotatable bonds is 6. The Morgan fingerprint density at radius 1 is 0.913 bits per heavy atom. The van der Waals surface area contributed by atoms with Crippen molar-refractivity contribution in [2.24, 2.45) is 0 Å². The molecular formula is C18H16ClNO3. The van der Waals surface area contributed by atoms with E-state index in [0.29, 0.717) is 35.7 Å². The van der Waals surface area contributed by atoms with Crippen molar-refractivity contribution in [3.63, 3.8) is 0 Å². The molecule has 0 fully saturated rings. The maximum absolute atomic E-state index is 12.2. The van der Waals surface area contributed by atoms with Crippen molar-refractivity contribution in [3.05, 3.63) is 64.7 Å². The lowest BCUT2D eigenvalue weighted by Crippen LogP contribution is -2.30. The summed E-state index contributed by atoms with van der Waals surface area (Å²) in [5.41, 5.74) is 0.986. The van der Waals surface area contributed by atoms with Crippen molar-refractivity contribution in [1.29, 1.82) is 0 Å². The van der Waals surface area contributed by atoms with E-state index in [0.717, 1.165) is 12.2 Å². The molecule has 0 radical (unpaired) electrons. The third kappa shape index (κ3) is 3.37. The van der Waals surface area contributed by atoms with E-state index in [9.17, 15) is 9.59 Å². The number of nitrogens with zero attached hydrogens (tertiary/aromatic N) is 1. The summed E-state index contributed by atoms with van der Waals surface area (Å²) in [7, 11) is 0. The van der Waals surface area contributed by atoms with Gasteiger partial charge in [0.2, 0.25) is 0 Å². The largest absolute Gasteiger partial charge is 0.494 e. The molecule has 3 rings (SSSR count). The molecule has 1 aliphatic rings. The molecule has 0 unspecified atom stereocenters. The standard InChI is InChI=1S/C18H16ClNO3/c19-13-6-5-7-14(12-13)23-11-4-3-10-20-17(21)15-8-1-2-9-16(15)18(20)22/h1-2,5-9,12H,3-4,10-11H2. The maximum atomic E-state index is 12.2. The van der Waals surface area contributed by atoms with Crippen LogP contribution in [-0.4, -0.2) is 29.9 Å². The van der Waals surface area contributed by atoms with E-state index in [1.165, 1.54) is 4.90 Å². The van der Waals surface area contributed by atoms with Crippen LogP contribution in [0.15, 0.2) is 48.5 Å². The number of fused-ring (bicyclic) bond motifs is 1. The van der Waals surface area contributed by atoms with Crippen LogP contribution in [0.2, 0.25) is 5.02 Å². The van der Waals surface area contributed by atoms with Gasteiger partial charge in [-0.3, -0.25) is 14.5 Å². The van der Waals surface area contributed by atoms with Gasteiger partial charge in [-0.1, -0.05) is 29.8 Å². The zero-order valence-electron chi connectivity index (χ0n) is 12.5. The van der Waals surface area contributed by atoms with Gasteiger partial charge in [0.15, 0.2) is 0 Å². The molecule has 0 saturated carbocycles. The molecule has 2 aromatic carbocycles. The minimum absolute atomic E-state index is 0.207. The van der Waals surface area contributed by atoms with E-state index in [-0.39, 0.29) is 11.8 Å². The summed E-state index contributed by atoms with van der Waals surface area (Å²) >= 11 is 5.89. The van der Waals surface area contributed by atoms with Crippen LogP contribution in [0, 0.1) is 0 Å². The van der Waals surface area contributed by atoms with Crippen LogP contribution in [0.5, 0.6) is 5.75 Å². The summed E-state index contributed by atoms with van der Waals surface area (Å²) in [6, 6.07) is 14.1. The second kappa shape index (κ2) is 6.84. The third-order valence-electron chi connectivity index (χ3n) is 3.72. The van der Waals surface area contributed by atoms with Crippen molar-refractivity contribution < 1.29 is 14.3 Å². The molecule has 0 saturated heterocycles. The van der Waals surface area contributed by atoms with Crippen molar-refractivity contribution in [3.8, 4) is 5.75 Å². The van der Waals surface area contributed by atoms with Crippen LogP contribution in [0.1, 0.15) is 33.6 Å². The van der Waals surface area contributed by atoms with Gasteiger partial charge >= 0.3 is 0 Å². The summed E-state index contributed by atoms with van der Waals surface area (Å²) in [6.45, 7) is 0.925. The molecule has 2 amide bonds. The Morgan fingerprint density at radius 3 is 2.26 bits per heavy atom. The van der Waals surface area contributed by atoms with E-state index in [1.807, 2.05) is 12.1 Å². The van der Waals surface area contributed by atoms with E-state index in [1.54, 1.807) is 36.4 Å². The summed E-state index contributed by atoms with van der Waals surface area (Å²) in [5, 5.41) is 0.633. The molecular weight excluding hydrogens is 314 g/mol. The van der Waals surface area contributed by atoms with Crippen molar-refractivity contribution in [2.45, 2.75) is 12.8 Å². The Bertz CT molecular complexity index is 710. The fourth-order valence-electron chi connectivity index (χ4n) is 2.56. The molecule has 1 heterocycles. The second-order valence-electron chi connectivity index (χ2n) is 5.32. The topological polar surface area (TPSA) is 46.6 Å². The third-order valence-corrected chi connectivity index (χ3v) is 3.95. The minimum atomic E-state index is -0.207. The average molecular weight is 330 g/mol. The van der Waals surface area contributed by atoms with Crippen LogP contribution < -0.4 is 4.74 Å². The van der Waals surface area contributed by atoms with E-state index in [4.69, 9.17) is 16.3 Å². The van der Waals surface area contributed by atoms with Gasteiger partial charge in [-0.25, -0.2) is 0 Å². The molecule has 118 valence electrons. The first kappa shape index (κ1) is 15.6. The molecule has 0 spiro atoms. The van der Waals surface area contributed by atoms with Crippen LogP contribution >= 0.6 is 11.6 Å². The molecule has 4 nitrogen and oxygen atoms in total. The Kier molecular flexibility index (Phi) is 4.63. The molecule has 1 aliphatic heterocycles. The van der Waals surface area contributed by atoms with Crippen LogP contribution in [0.25, 0.3) is 0 Å². The predicted octanol–water partition coefficient (Wildman–Crippen LogP) is 3.80. The Hall–Kier alpha value is -2.33. The fraction of sp³-hybridized carbons (Fsp3) is 0.222. The molecule has 0 aliphatic carbocycles. The summed E-state index contributed by atoms with van der Waals surface area (Å²) < 4.78 is 5.59. The van der Waals surface area contributed by atoms with E-state index >= 15 is 0 Å². The lowest BCUT2D eigenvalue weighted by atomic mass is 10.1.